The highest BCUT2D eigenvalue weighted by Gasteiger charge is 2.36. The average molecular weight is 436 g/mol. The number of benzene rings is 1. The van der Waals surface area contributed by atoms with E-state index in [0.29, 0.717) is 41.9 Å². The van der Waals surface area contributed by atoms with Gasteiger partial charge in [-0.3, -0.25) is 14.5 Å². The van der Waals surface area contributed by atoms with Crippen molar-refractivity contribution >= 4 is 17.5 Å². The number of ether oxygens (including phenoxy) is 3. The monoisotopic (exact) mass is 435 g/mol. The molecule has 1 aromatic rings. The molecule has 8 heteroatoms. The van der Waals surface area contributed by atoms with E-state index in [4.69, 9.17) is 14.2 Å². The van der Waals surface area contributed by atoms with Crippen molar-refractivity contribution in [1.82, 2.24) is 10.2 Å². The number of carbonyl (C=O) groups is 2. The highest BCUT2D eigenvalue weighted by Crippen LogP contribution is 2.42. The summed E-state index contributed by atoms with van der Waals surface area (Å²) in [7, 11) is 4.60. The molecule has 1 fully saturated rings. The Morgan fingerprint density at radius 2 is 1.71 bits per heavy atom. The van der Waals surface area contributed by atoms with Gasteiger partial charge in [0.25, 0.3) is 0 Å². The second-order valence-corrected chi connectivity index (χ2v) is 8.07. The molecule has 1 aliphatic rings. The smallest absolute Gasteiger partial charge is 0.227 e. The first-order valence-corrected chi connectivity index (χ1v) is 10.9. The molecule has 2 atom stereocenters. The number of anilines is 1. The molecule has 1 saturated heterocycles. The summed E-state index contributed by atoms with van der Waals surface area (Å²) in [5, 5.41) is 3.08. The van der Waals surface area contributed by atoms with Crippen LogP contribution in [0.25, 0.3) is 0 Å². The van der Waals surface area contributed by atoms with E-state index in [1.165, 1.54) is 21.3 Å². The van der Waals surface area contributed by atoms with Crippen LogP contribution in [0, 0.1) is 11.8 Å². The third kappa shape index (κ3) is 5.61. The standard InChI is InChI=1S/C23H37N3O5/c1-8-25(9-2)18(15(3)4)13-24-23(28)16-10-21(27)26(14-16)17-11-19(29-5)22(31-7)20(12-17)30-6/h11-12,15-16,18H,8-10,13-14H2,1-7H3,(H,24,28). The highest BCUT2D eigenvalue weighted by molar-refractivity contribution is 6.00. The van der Waals surface area contributed by atoms with Gasteiger partial charge in [0.2, 0.25) is 17.6 Å². The maximum atomic E-state index is 12.9. The number of hydrogen-bond donors (Lipinski definition) is 1. The number of methoxy groups -OCH3 is 3. The zero-order valence-corrected chi connectivity index (χ0v) is 19.9. The van der Waals surface area contributed by atoms with E-state index in [1.54, 1.807) is 17.0 Å². The van der Waals surface area contributed by atoms with Crippen LogP contribution < -0.4 is 24.4 Å². The van der Waals surface area contributed by atoms with Gasteiger partial charge in [0.15, 0.2) is 11.5 Å². The Hall–Kier alpha value is -2.48. The van der Waals surface area contributed by atoms with E-state index in [2.05, 4.69) is 37.9 Å². The molecular weight excluding hydrogens is 398 g/mol. The lowest BCUT2D eigenvalue weighted by Crippen LogP contribution is -2.48. The summed E-state index contributed by atoms with van der Waals surface area (Å²) in [5.41, 5.74) is 0.623. The molecule has 2 amide bonds. The summed E-state index contributed by atoms with van der Waals surface area (Å²) in [6.07, 6.45) is 0.181. The Bertz CT molecular complexity index is 739. The second-order valence-electron chi connectivity index (χ2n) is 8.07. The lowest BCUT2D eigenvalue weighted by Gasteiger charge is -2.33. The van der Waals surface area contributed by atoms with Crippen LogP contribution in [0.3, 0.4) is 0 Å². The lowest BCUT2D eigenvalue weighted by molar-refractivity contribution is -0.126. The molecule has 0 aromatic heterocycles. The van der Waals surface area contributed by atoms with Gasteiger partial charge in [-0.15, -0.1) is 0 Å². The van der Waals surface area contributed by atoms with Crippen LogP contribution in [0.15, 0.2) is 12.1 Å². The molecule has 1 aromatic carbocycles. The van der Waals surface area contributed by atoms with Crippen LogP contribution in [-0.2, 0) is 9.59 Å². The summed E-state index contributed by atoms with van der Waals surface area (Å²) in [6, 6.07) is 3.73. The fourth-order valence-corrected chi connectivity index (χ4v) is 4.18. The van der Waals surface area contributed by atoms with Gasteiger partial charge in [0.1, 0.15) is 0 Å². The van der Waals surface area contributed by atoms with Gasteiger partial charge < -0.3 is 24.4 Å². The predicted octanol–water partition coefficient (Wildman–Crippen LogP) is 2.55. The van der Waals surface area contributed by atoms with Crippen LogP contribution in [0.1, 0.15) is 34.1 Å². The third-order valence-electron chi connectivity index (χ3n) is 5.99. The molecule has 2 unspecified atom stereocenters. The summed E-state index contributed by atoms with van der Waals surface area (Å²) in [6.45, 7) is 11.4. The first kappa shape index (κ1) is 24.8. The molecule has 0 bridgehead atoms. The zero-order valence-electron chi connectivity index (χ0n) is 19.9. The van der Waals surface area contributed by atoms with Crippen molar-refractivity contribution in [1.29, 1.82) is 0 Å². The van der Waals surface area contributed by atoms with Crippen LogP contribution >= 0.6 is 0 Å². The molecule has 1 N–H and O–H groups in total. The number of nitrogens with one attached hydrogen (secondary N) is 1. The topological polar surface area (TPSA) is 80.3 Å². The first-order valence-electron chi connectivity index (χ1n) is 10.9. The van der Waals surface area contributed by atoms with Gasteiger partial charge in [0, 0.05) is 37.7 Å². The minimum Gasteiger partial charge on any atom is -0.493 e. The summed E-state index contributed by atoms with van der Waals surface area (Å²) in [4.78, 5) is 29.5. The minimum absolute atomic E-state index is 0.0823. The maximum absolute atomic E-state index is 12.9. The van der Waals surface area contributed by atoms with Gasteiger partial charge in [0.05, 0.1) is 32.9 Å². The normalized spacial score (nSPS) is 17.3. The highest BCUT2D eigenvalue weighted by atomic mass is 16.5. The molecule has 0 radical (unpaired) electrons. The number of likely N-dealkylation sites (N-methyl/N-ethyl adjacent to an activating group) is 1. The number of hydrogen-bond acceptors (Lipinski definition) is 6. The quantitative estimate of drug-likeness (QED) is 0.575. The van der Waals surface area contributed by atoms with Gasteiger partial charge in [-0.1, -0.05) is 27.7 Å². The van der Waals surface area contributed by atoms with Crippen molar-refractivity contribution in [2.75, 3.05) is 52.4 Å². The van der Waals surface area contributed by atoms with Crippen molar-refractivity contribution in [3.63, 3.8) is 0 Å². The van der Waals surface area contributed by atoms with Crippen molar-refractivity contribution in [3.05, 3.63) is 12.1 Å². The van der Waals surface area contributed by atoms with E-state index in [0.717, 1.165) is 13.1 Å². The molecule has 2 rings (SSSR count). The van der Waals surface area contributed by atoms with Crippen LogP contribution in [0.5, 0.6) is 17.2 Å². The van der Waals surface area contributed by atoms with E-state index in [1.807, 2.05) is 0 Å². The number of amides is 2. The Morgan fingerprint density at radius 3 is 2.16 bits per heavy atom. The SMILES string of the molecule is CCN(CC)C(CNC(=O)C1CC(=O)N(c2cc(OC)c(OC)c(OC)c2)C1)C(C)C. The maximum Gasteiger partial charge on any atom is 0.227 e. The predicted molar refractivity (Wildman–Crippen MR) is 121 cm³/mol. The molecule has 0 saturated carbocycles. The Morgan fingerprint density at radius 1 is 1.13 bits per heavy atom. The third-order valence-corrected chi connectivity index (χ3v) is 5.99. The number of carbonyl (C=O) groups excluding carboxylic acids is 2. The molecule has 1 heterocycles. The van der Waals surface area contributed by atoms with Gasteiger partial charge >= 0.3 is 0 Å². The zero-order chi connectivity index (χ0) is 23.1. The van der Waals surface area contributed by atoms with Crippen molar-refractivity contribution in [2.24, 2.45) is 11.8 Å². The molecule has 8 nitrogen and oxygen atoms in total. The summed E-state index contributed by atoms with van der Waals surface area (Å²) >= 11 is 0. The fraction of sp³-hybridized carbons (Fsp3) is 0.652. The van der Waals surface area contributed by atoms with Crippen molar-refractivity contribution in [3.8, 4) is 17.2 Å². The van der Waals surface area contributed by atoms with E-state index < -0.39 is 5.92 Å². The van der Waals surface area contributed by atoms with Crippen molar-refractivity contribution < 1.29 is 23.8 Å². The Kier molecular flexibility index (Phi) is 8.98. The van der Waals surface area contributed by atoms with Gasteiger partial charge in [-0.05, 0) is 19.0 Å². The molecular formula is C23H37N3O5. The van der Waals surface area contributed by atoms with Crippen LogP contribution in [-0.4, -0.2) is 70.3 Å². The molecule has 0 spiro atoms. The van der Waals surface area contributed by atoms with Crippen LogP contribution in [0.4, 0.5) is 5.69 Å². The summed E-state index contributed by atoms with van der Waals surface area (Å²) in [5.74, 6) is 1.25. The average Bonchev–Trinajstić information content (AvgIpc) is 3.16. The molecule has 174 valence electrons. The summed E-state index contributed by atoms with van der Waals surface area (Å²) < 4.78 is 16.1. The number of rotatable bonds is 11. The molecule has 31 heavy (non-hydrogen) atoms. The van der Waals surface area contributed by atoms with Gasteiger partial charge in [-0.2, -0.15) is 0 Å². The Balaban J connectivity index is 2.12. The second kappa shape index (κ2) is 11.2. The largest absolute Gasteiger partial charge is 0.493 e. The Labute approximate surface area is 185 Å². The molecule has 1 aliphatic heterocycles. The van der Waals surface area contributed by atoms with E-state index >= 15 is 0 Å². The first-order chi connectivity index (χ1) is 14.8. The molecule has 0 aliphatic carbocycles. The fourth-order valence-electron chi connectivity index (χ4n) is 4.18. The van der Waals surface area contributed by atoms with Crippen LogP contribution in [0.2, 0.25) is 0 Å². The van der Waals surface area contributed by atoms with E-state index in [9.17, 15) is 9.59 Å². The number of nitrogens with zero attached hydrogens (tertiary/aromatic N) is 2. The van der Waals surface area contributed by atoms with Crippen molar-refractivity contribution in [2.45, 2.75) is 40.2 Å². The van der Waals surface area contributed by atoms with E-state index in [-0.39, 0.29) is 24.3 Å². The van der Waals surface area contributed by atoms with Gasteiger partial charge in [-0.25, -0.2) is 0 Å². The lowest BCUT2D eigenvalue weighted by atomic mass is 10.0. The minimum atomic E-state index is -0.392.